The molecule has 0 unspecified atom stereocenters. The lowest BCUT2D eigenvalue weighted by molar-refractivity contribution is -0.115. The summed E-state index contributed by atoms with van der Waals surface area (Å²) < 4.78 is 0. The van der Waals surface area contributed by atoms with E-state index >= 15 is 0 Å². The Balaban J connectivity index is 2.21. The van der Waals surface area contributed by atoms with Crippen molar-refractivity contribution in [1.82, 2.24) is 4.98 Å². The minimum absolute atomic E-state index is 0.174. The van der Waals surface area contributed by atoms with Gasteiger partial charge in [-0.05, 0) is 29.7 Å². The van der Waals surface area contributed by atoms with E-state index in [9.17, 15) is 14.4 Å². The molecule has 116 valence electrons. The molecule has 0 saturated carbocycles. The van der Waals surface area contributed by atoms with Crippen LogP contribution in [-0.4, -0.2) is 16.8 Å². The minimum atomic E-state index is -0.250. The van der Waals surface area contributed by atoms with Crippen molar-refractivity contribution in [3.05, 3.63) is 46.8 Å². The number of aromatic amines is 1. The van der Waals surface area contributed by atoms with Gasteiger partial charge in [0.2, 0.25) is 11.8 Å². The Labute approximate surface area is 131 Å². The van der Waals surface area contributed by atoms with Crippen molar-refractivity contribution in [2.75, 3.05) is 10.6 Å². The number of rotatable bonds is 2. The molecular formula is C17H15N3O3. The van der Waals surface area contributed by atoms with Crippen LogP contribution in [0.1, 0.15) is 13.8 Å². The van der Waals surface area contributed by atoms with Gasteiger partial charge in [-0.25, -0.2) is 0 Å². The molecule has 0 atom stereocenters. The molecule has 0 aliphatic carbocycles. The van der Waals surface area contributed by atoms with Crippen LogP contribution in [0.5, 0.6) is 0 Å². The van der Waals surface area contributed by atoms with Gasteiger partial charge in [-0.2, -0.15) is 0 Å². The maximum atomic E-state index is 12.3. The highest BCUT2D eigenvalue weighted by Gasteiger charge is 2.08. The average molecular weight is 309 g/mol. The summed E-state index contributed by atoms with van der Waals surface area (Å²) in [6, 6.07) is 10.6. The maximum Gasteiger partial charge on any atom is 0.256 e. The van der Waals surface area contributed by atoms with E-state index in [1.54, 1.807) is 30.3 Å². The second-order valence-corrected chi connectivity index (χ2v) is 5.34. The number of carbonyl (C=O) groups excluding carboxylic acids is 2. The smallest absolute Gasteiger partial charge is 0.256 e. The van der Waals surface area contributed by atoms with Gasteiger partial charge in [0.05, 0.1) is 5.52 Å². The lowest BCUT2D eigenvalue weighted by atomic mass is 10.1. The van der Waals surface area contributed by atoms with E-state index in [4.69, 9.17) is 0 Å². The van der Waals surface area contributed by atoms with Gasteiger partial charge in [0.25, 0.3) is 5.56 Å². The van der Waals surface area contributed by atoms with Crippen molar-refractivity contribution < 1.29 is 9.59 Å². The van der Waals surface area contributed by atoms with Crippen LogP contribution in [0.3, 0.4) is 0 Å². The summed E-state index contributed by atoms with van der Waals surface area (Å²) >= 11 is 0. The highest BCUT2D eigenvalue weighted by molar-refractivity contribution is 6.08. The number of hydrogen-bond donors (Lipinski definition) is 3. The molecule has 3 aromatic rings. The van der Waals surface area contributed by atoms with Crippen LogP contribution in [-0.2, 0) is 9.59 Å². The summed E-state index contributed by atoms with van der Waals surface area (Å²) in [4.78, 5) is 37.4. The fraction of sp³-hybridized carbons (Fsp3) is 0.118. The van der Waals surface area contributed by atoms with Crippen molar-refractivity contribution in [3.8, 4) is 0 Å². The molecule has 2 amide bonds. The molecule has 0 aliphatic heterocycles. The lowest BCUT2D eigenvalue weighted by Crippen LogP contribution is -2.10. The molecule has 6 heteroatoms. The summed E-state index contributed by atoms with van der Waals surface area (Å²) in [6.07, 6.45) is 0. The topological polar surface area (TPSA) is 91.1 Å². The third-order valence-corrected chi connectivity index (χ3v) is 3.46. The Morgan fingerprint density at radius 1 is 0.826 bits per heavy atom. The van der Waals surface area contributed by atoms with Crippen molar-refractivity contribution in [3.63, 3.8) is 0 Å². The van der Waals surface area contributed by atoms with Crippen LogP contribution < -0.4 is 16.2 Å². The highest BCUT2D eigenvalue weighted by Crippen LogP contribution is 2.25. The second kappa shape index (κ2) is 5.57. The van der Waals surface area contributed by atoms with Crippen LogP contribution in [0.15, 0.2) is 41.2 Å². The van der Waals surface area contributed by atoms with Gasteiger partial charge in [-0.3, -0.25) is 14.4 Å². The zero-order chi connectivity index (χ0) is 16.6. The standard InChI is InChI=1S/C17H15N3O3/c1-9(21)18-11-3-5-13-14-6-4-12(19-10(2)22)8-16(14)20-17(23)15(13)7-11/h3-8H,1-2H3,(H,18,21)(H,19,22)(H,20,23). The predicted molar refractivity (Wildman–Crippen MR) is 90.7 cm³/mol. The second-order valence-electron chi connectivity index (χ2n) is 5.34. The first-order valence-corrected chi connectivity index (χ1v) is 7.09. The Morgan fingerprint density at radius 3 is 2.00 bits per heavy atom. The third-order valence-electron chi connectivity index (χ3n) is 3.46. The van der Waals surface area contributed by atoms with Gasteiger partial charge in [0.15, 0.2) is 0 Å². The maximum absolute atomic E-state index is 12.3. The number of pyridine rings is 1. The predicted octanol–water partition coefficient (Wildman–Crippen LogP) is 2.60. The van der Waals surface area contributed by atoms with Gasteiger partial charge in [-0.15, -0.1) is 0 Å². The molecule has 1 aromatic heterocycles. The third kappa shape index (κ3) is 2.91. The summed E-state index contributed by atoms with van der Waals surface area (Å²) in [5.41, 5.74) is 1.58. The van der Waals surface area contributed by atoms with Crippen LogP contribution in [0, 0.1) is 0 Å². The molecule has 0 spiro atoms. The molecule has 1 heterocycles. The van der Waals surface area contributed by atoms with Crippen molar-refractivity contribution >= 4 is 44.9 Å². The lowest BCUT2D eigenvalue weighted by Gasteiger charge is -2.08. The van der Waals surface area contributed by atoms with Crippen LogP contribution >= 0.6 is 0 Å². The highest BCUT2D eigenvalue weighted by atomic mass is 16.2. The first-order valence-electron chi connectivity index (χ1n) is 7.09. The molecule has 23 heavy (non-hydrogen) atoms. The Kier molecular flexibility index (Phi) is 3.57. The number of amides is 2. The molecular weight excluding hydrogens is 294 g/mol. The van der Waals surface area contributed by atoms with Crippen LogP contribution in [0.2, 0.25) is 0 Å². The molecule has 3 N–H and O–H groups in total. The van der Waals surface area contributed by atoms with Crippen LogP contribution in [0.4, 0.5) is 11.4 Å². The van der Waals surface area contributed by atoms with Crippen molar-refractivity contribution in [2.24, 2.45) is 0 Å². The van der Waals surface area contributed by atoms with Crippen LogP contribution in [0.25, 0.3) is 21.7 Å². The largest absolute Gasteiger partial charge is 0.326 e. The zero-order valence-electron chi connectivity index (χ0n) is 12.7. The number of H-pyrrole nitrogens is 1. The summed E-state index contributed by atoms with van der Waals surface area (Å²) in [7, 11) is 0. The van der Waals surface area contributed by atoms with E-state index in [1.807, 2.05) is 6.07 Å². The van der Waals surface area contributed by atoms with E-state index in [2.05, 4.69) is 15.6 Å². The molecule has 0 fully saturated rings. The number of fused-ring (bicyclic) bond motifs is 3. The number of benzene rings is 2. The Morgan fingerprint density at radius 2 is 1.39 bits per heavy atom. The quantitative estimate of drug-likeness (QED) is 0.635. The summed E-state index contributed by atoms with van der Waals surface area (Å²) in [5.74, 6) is -0.367. The molecule has 0 saturated heterocycles. The van der Waals surface area contributed by atoms with E-state index < -0.39 is 0 Å². The van der Waals surface area contributed by atoms with Crippen molar-refractivity contribution in [1.29, 1.82) is 0 Å². The van der Waals surface area contributed by atoms with E-state index in [-0.39, 0.29) is 17.4 Å². The number of anilines is 2. The fourth-order valence-electron chi connectivity index (χ4n) is 2.60. The molecule has 2 aromatic carbocycles. The number of carbonyl (C=O) groups is 2. The average Bonchev–Trinajstić information content (AvgIpc) is 2.46. The van der Waals surface area contributed by atoms with Gasteiger partial charge < -0.3 is 15.6 Å². The molecule has 0 bridgehead atoms. The molecule has 0 aliphatic rings. The number of hydrogen-bond acceptors (Lipinski definition) is 3. The molecule has 6 nitrogen and oxygen atoms in total. The normalized spacial score (nSPS) is 10.7. The molecule has 3 rings (SSSR count). The first kappa shape index (κ1) is 14.8. The van der Waals surface area contributed by atoms with Crippen molar-refractivity contribution in [2.45, 2.75) is 13.8 Å². The first-order chi connectivity index (χ1) is 10.9. The van der Waals surface area contributed by atoms with E-state index in [0.29, 0.717) is 22.3 Å². The number of aromatic nitrogens is 1. The summed E-state index contributed by atoms with van der Waals surface area (Å²) in [5, 5.41) is 7.50. The van der Waals surface area contributed by atoms with E-state index in [0.717, 1.165) is 10.8 Å². The fourth-order valence-corrected chi connectivity index (χ4v) is 2.60. The minimum Gasteiger partial charge on any atom is -0.326 e. The summed E-state index contributed by atoms with van der Waals surface area (Å²) in [6.45, 7) is 2.84. The monoisotopic (exact) mass is 309 g/mol. The SMILES string of the molecule is CC(=O)Nc1ccc2c(c1)[nH]c(=O)c1cc(NC(C)=O)ccc12. The Bertz CT molecular complexity index is 1010. The number of nitrogens with one attached hydrogen (secondary N) is 3. The van der Waals surface area contributed by atoms with Gasteiger partial charge in [-0.1, -0.05) is 12.1 Å². The Hall–Kier alpha value is -3.15. The van der Waals surface area contributed by atoms with E-state index in [1.165, 1.54) is 13.8 Å². The van der Waals surface area contributed by atoms with Gasteiger partial charge in [0, 0.05) is 36.0 Å². The molecule has 0 radical (unpaired) electrons. The zero-order valence-corrected chi connectivity index (χ0v) is 12.7. The van der Waals surface area contributed by atoms with Gasteiger partial charge in [0.1, 0.15) is 0 Å². The van der Waals surface area contributed by atoms with Gasteiger partial charge >= 0.3 is 0 Å².